The third-order valence-electron chi connectivity index (χ3n) is 4.02. The summed E-state index contributed by atoms with van der Waals surface area (Å²) in [5, 5.41) is 24.5. The largest absolute Gasteiger partial charge is 0.394 e. The normalized spacial score (nSPS) is 23.3. The highest BCUT2D eigenvalue weighted by molar-refractivity contribution is 5.22. The van der Waals surface area contributed by atoms with E-state index in [-0.39, 0.29) is 12.6 Å². The van der Waals surface area contributed by atoms with Gasteiger partial charge in [0.2, 0.25) is 5.95 Å². The van der Waals surface area contributed by atoms with Crippen LogP contribution in [0.4, 0.5) is 5.95 Å². The Bertz CT molecular complexity index is 827. The zero-order valence-electron chi connectivity index (χ0n) is 14.0. The van der Waals surface area contributed by atoms with Gasteiger partial charge in [-0.1, -0.05) is 18.9 Å². The zero-order valence-corrected chi connectivity index (χ0v) is 14.0. The fourth-order valence-electron chi connectivity index (χ4n) is 2.79. The first-order valence-corrected chi connectivity index (χ1v) is 8.09. The van der Waals surface area contributed by atoms with Crippen molar-refractivity contribution < 1.29 is 9.84 Å². The predicted octanol–water partition coefficient (Wildman–Crippen LogP) is -0.888. The first kappa shape index (κ1) is 17.3. The average molecular weight is 351 g/mol. The summed E-state index contributed by atoms with van der Waals surface area (Å²) in [5.74, 6) is 0.890. The summed E-state index contributed by atoms with van der Waals surface area (Å²) in [6.45, 7) is 4.58. The number of nitrogens with one attached hydrogen (secondary N) is 2. The molecule has 1 fully saturated rings. The van der Waals surface area contributed by atoms with Gasteiger partial charge in [-0.05, 0) is 16.3 Å². The van der Waals surface area contributed by atoms with Crippen molar-refractivity contribution in [2.24, 2.45) is 5.92 Å². The number of nitrogens with zero attached hydrogens (tertiary/aromatic N) is 5. The van der Waals surface area contributed by atoms with E-state index < -0.39 is 23.6 Å². The van der Waals surface area contributed by atoms with Gasteiger partial charge in [0, 0.05) is 25.2 Å². The van der Waals surface area contributed by atoms with Crippen LogP contribution in [0.25, 0.3) is 0 Å². The number of aliphatic hydroxyl groups is 1. The smallest absolute Gasteiger partial charge is 0.330 e. The molecule has 1 aliphatic rings. The van der Waals surface area contributed by atoms with Crippen molar-refractivity contribution in [3.8, 4) is 0 Å². The number of hydrogen-bond donors (Lipinski definition) is 3. The van der Waals surface area contributed by atoms with Crippen molar-refractivity contribution in [2.45, 2.75) is 38.6 Å². The molecule has 0 aliphatic carbocycles. The second kappa shape index (κ2) is 7.15. The van der Waals surface area contributed by atoms with E-state index >= 15 is 0 Å². The van der Waals surface area contributed by atoms with Gasteiger partial charge in [0.05, 0.1) is 12.6 Å². The van der Waals surface area contributed by atoms with Gasteiger partial charge in [0.15, 0.2) is 0 Å². The Morgan fingerprint density at radius 1 is 1.48 bits per heavy atom. The molecule has 11 heteroatoms. The van der Waals surface area contributed by atoms with Crippen LogP contribution < -0.4 is 16.6 Å². The van der Waals surface area contributed by atoms with E-state index in [1.54, 1.807) is 4.68 Å². The van der Waals surface area contributed by atoms with Crippen LogP contribution in [0.15, 0.2) is 21.9 Å². The molecule has 0 aromatic carbocycles. The molecule has 0 bridgehead atoms. The molecular formula is C14H21N7O4. The molecule has 136 valence electrons. The van der Waals surface area contributed by atoms with Crippen LogP contribution >= 0.6 is 0 Å². The number of rotatable bonds is 6. The molecule has 25 heavy (non-hydrogen) atoms. The summed E-state index contributed by atoms with van der Waals surface area (Å²) in [6, 6.07) is 0.900. The molecule has 2 aromatic rings. The van der Waals surface area contributed by atoms with Gasteiger partial charge in [0.1, 0.15) is 12.3 Å². The molecule has 0 amide bonds. The second-order valence-electron chi connectivity index (χ2n) is 6.35. The highest BCUT2D eigenvalue weighted by atomic mass is 16.5. The van der Waals surface area contributed by atoms with Crippen LogP contribution in [0.1, 0.15) is 32.5 Å². The number of ether oxygens (including phenoxy) is 1. The highest BCUT2D eigenvalue weighted by Crippen LogP contribution is 2.36. The van der Waals surface area contributed by atoms with E-state index in [4.69, 9.17) is 4.74 Å². The van der Waals surface area contributed by atoms with E-state index in [9.17, 15) is 14.7 Å². The molecule has 0 spiro atoms. The molecule has 3 atom stereocenters. The lowest BCUT2D eigenvalue weighted by molar-refractivity contribution is -0.0321. The lowest BCUT2D eigenvalue weighted by Gasteiger charge is -2.17. The van der Waals surface area contributed by atoms with Crippen molar-refractivity contribution in [1.82, 2.24) is 29.8 Å². The highest BCUT2D eigenvalue weighted by Gasteiger charge is 2.39. The summed E-state index contributed by atoms with van der Waals surface area (Å²) in [6.07, 6.45) is 0.541. The molecule has 1 aliphatic heterocycles. The first-order chi connectivity index (χ1) is 12.0. The van der Waals surface area contributed by atoms with Crippen molar-refractivity contribution in [3.63, 3.8) is 0 Å². The minimum Gasteiger partial charge on any atom is -0.394 e. The molecule has 0 unspecified atom stereocenters. The Morgan fingerprint density at radius 3 is 2.96 bits per heavy atom. The van der Waals surface area contributed by atoms with Gasteiger partial charge >= 0.3 is 5.69 Å². The summed E-state index contributed by atoms with van der Waals surface area (Å²) >= 11 is 0. The summed E-state index contributed by atoms with van der Waals surface area (Å²) in [4.78, 5) is 25.4. The fraction of sp³-hybridized carbons (Fsp3) is 0.643. The Balaban J connectivity index is 1.84. The Hall–Kier alpha value is -2.53. The number of aromatic amines is 1. The lowest BCUT2D eigenvalue weighted by Crippen LogP contribution is -2.31. The summed E-state index contributed by atoms with van der Waals surface area (Å²) < 4.78 is 8.64. The maximum absolute atomic E-state index is 12.0. The maximum Gasteiger partial charge on any atom is 0.330 e. The number of tetrazole rings is 1. The van der Waals surface area contributed by atoms with Crippen molar-refractivity contribution in [1.29, 1.82) is 0 Å². The molecule has 3 rings (SSSR count). The second-order valence-corrected chi connectivity index (χ2v) is 6.35. The third kappa shape index (κ3) is 3.61. The number of aromatic nitrogens is 6. The fourth-order valence-corrected chi connectivity index (χ4v) is 2.79. The van der Waals surface area contributed by atoms with Crippen LogP contribution in [-0.2, 0) is 4.74 Å². The summed E-state index contributed by atoms with van der Waals surface area (Å²) in [7, 11) is 0. The lowest BCUT2D eigenvalue weighted by atomic mass is 10.1. The standard InChI is InChI=1S/C14H21N7O4/c1-8(2)6-15-13-17-18-19-21(13)9-5-12(25-10(9)7-22)20-4-3-11(23)16-14(20)24/h3-4,8-10,12,22H,5-7H2,1-2H3,(H,15,17,19)(H,16,23,24)/t9-,10+,12+/m0/s1. The molecule has 0 saturated carbocycles. The van der Waals surface area contributed by atoms with Crippen molar-refractivity contribution in [2.75, 3.05) is 18.5 Å². The van der Waals surface area contributed by atoms with Gasteiger partial charge in [0.25, 0.3) is 5.56 Å². The van der Waals surface area contributed by atoms with E-state index in [0.29, 0.717) is 24.8 Å². The molecular weight excluding hydrogens is 330 g/mol. The van der Waals surface area contributed by atoms with Crippen LogP contribution in [0.2, 0.25) is 0 Å². The molecule has 2 aromatic heterocycles. The molecule has 1 saturated heterocycles. The van der Waals surface area contributed by atoms with Gasteiger partial charge < -0.3 is 15.2 Å². The van der Waals surface area contributed by atoms with Gasteiger partial charge in [-0.3, -0.25) is 14.3 Å². The SMILES string of the molecule is CC(C)CNc1nnnn1[C@H]1C[C@H](n2ccc(=O)[nH]c2=O)O[C@@H]1CO. The monoisotopic (exact) mass is 351 g/mol. The molecule has 3 N–H and O–H groups in total. The van der Waals surface area contributed by atoms with Crippen molar-refractivity contribution in [3.05, 3.63) is 33.1 Å². The van der Waals surface area contributed by atoms with Crippen LogP contribution in [0.3, 0.4) is 0 Å². The minimum absolute atomic E-state index is 0.247. The van der Waals surface area contributed by atoms with Crippen LogP contribution in [-0.4, -0.2) is 54.1 Å². The number of hydrogen-bond acceptors (Lipinski definition) is 8. The number of H-pyrrole nitrogens is 1. The number of aliphatic hydroxyl groups excluding tert-OH is 1. The number of anilines is 1. The van der Waals surface area contributed by atoms with E-state index in [1.165, 1.54) is 16.8 Å². The van der Waals surface area contributed by atoms with E-state index in [2.05, 4.69) is 39.7 Å². The Morgan fingerprint density at radius 2 is 2.28 bits per heavy atom. The predicted molar refractivity (Wildman–Crippen MR) is 87.1 cm³/mol. The quantitative estimate of drug-likeness (QED) is 0.609. The maximum atomic E-state index is 12.0. The summed E-state index contributed by atoms with van der Waals surface area (Å²) in [5.41, 5.74) is -1.04. The van der Waals surface area contributed by atoms with Gasteiger partial charge in [-0.25, -0.2) is 9.48 Å². The Kier molecular flexibility index (Phi) is 4.95. The van der Waals surface area contributed by atoms with E-state index in [1.807, 2.05) is 0 Å². The molecule has 11 nitrogen and oxygen atoms in total. The molecule has 3 heterocycles. The average Bonchev–Trinajstić information content (AvgIpc) is 3.18. The topological polar surface area (TPSA) is 140 Å². The van der Waals surface area contributed by atoms with Crippen LogP contribution in [0, 0.1) is 5.92 Å². The first-order valence-electron chi connectivity index (χ1n) is 8.09. The van der Waals surface area contributed by atoms with Crippen LogP contribution in [0.5, 0.6) is 0 Å². The van der Waals surface area contributed by atoms with Gasteiger partial charge in [-0.15, -0.1) is 0 Å². The van der Waals surface area contributed by atoms with Crippen molar-refractivity contribution >= 4 is 5.95 Å². The third-order valence-corrected chi connectivity index (χ3v) is 4.02. The van der Waals surface area contributed by atoms with Gasteiger partial charge in [-0.2, -0.15) is 0 Å². The zero-order chi connectivity index (χ0) is 18.0. The molecule has 0 radical (unpaired) electrons. The minimum atomic E-state index is -0.631. The Labute approximate surface area is 142 Å². The van der Waals surface area contributed by atoms with E-state index in [0.717, 1.165) is 0 Å².